The van der Waals surface area contributed by atoms with Gasteiger partial charge in [-0.1, -0.05) is 12.1 Å². The van der Waals surface area contributed by atoms with Crippen LogP contribution in [0.1, 0.15) is 5.56 Å². The van der Waals surface area contributed by atoms with Crippen molar-refractivity contribution in [1.29, 1.82) is 0 Å². The van der Waals surface area contributed by atoms with E-state index in [0.29, 0.717) is 11.1 Å². The van der Waals surface area contributed by atoms with Crippen LogP contribution in [-0.2, 0) is 0 Å². The number of aromatic amines is 1. The van der Waals surface area contributed by atoms with Crippen molar-refractivity contribution in [1.82, 2.24) is 9.97 Å². The molecule has 0 spiro atoms. The summed E-state index contributed by atoms with van der Waals surface area (Å²) < 4.78 is 27.1. The molecule has 0 aliphatic rings. The standard InChI is InChI=1S/C14H10F2N4/c15-9-4-2-5-10(16)13(9)20-14(17)8-3-1-6-11-12(8)19-7-18-11/h1-7H,(H2,17,20)(H,18,19). The first-order chi connectivity index (χ1) is 9.66. The Morgan fingerprint density at radius 2 is 1.80 bits per heavy atom. The Balaban J connectivity index is 2.15. The van der Waals surface area contributed by atoms with Crippen LogP contribution < -0.4 is 5.73 Å². The van der Waals surface area contributed by atoms with Gasteiger partial charge in [-0.15, -0.1) is 0 Å². The quantitative estimate of drug-likeness (QED) is 0.556. The molecular formula is C14H10F2N4. The minimum absolute atomic E-state index is 0.00620. The number of hydrogen-bond donors (Lipinski definition) is 2. The van der Waals surface area contributed by atoms with E-state index in [4.69, 9.17) is 5.73 Å². The van der Waals surface area contributed by atoms with Crippen LogP contribution in [0.3, 0.4) is 0 Å². The van der Waals surface area contributed by atoms with Gasteiger partial charge in [-0.25, -0.2) is 18.8 Å². The van der Waals surface area contributed by atoms with Gasteiger partial charge in [-0.3, -0.25) is 0 Å². The first-order valence-electron chi connectivity index (χ1n) is 5.87. The molecule has 0 aliphatic heterocycles. The Labute approximate surface area is 113 Å². The fourth-order valence-corrected chi connectivity index (χ4v) is 1.95. The maximum Gasteiger partial charge on any atom is 0.151 e. The van der Waals surface area contributed by atoms with E-state index >= 15 is 0 Å². The molecule has 0 radical (unpaired) electrons. The number of imidazole rings is 1. The largest absolute Gasteiger partial charge is 0.383 e. The number of aromatic nitrogens is 2. The Morgan fingerprint density at radius 1 is 1.10 bits per heavy atom. The molecule has 4 nitrogen and oxygen atoms in total. The molecule has 0 amide bonds. The fraction of sp³-hybridized carbons (Fsp3) is 0. The van der Waals surface area contributed by atoms with Gasteiger partial charge in [0, 0.05) is 5.56 Å². The summed E-state index contributed by atoms with van der Waals surface area (Å²) in [5.41, 5.74) is 7.34. The number of nitrogens with zero attached hydrogens (tertiary/aromatic N) is 2. The van der Waals surface area contributed by atoms with Gasteiger partial charge in [-0.05, 0) is 24.3 Å². The molecule has 0 unspecified atom stereocenters. The minimum Gasteiger partial charge on any atom is -0.383 e. The lowest BCUT2D eigenvalue weighted by Crippen LogP contribution is -2.13. The summed E-state index contributed by atoms with van der Waals surface area (Å²) in [6.45, 7) is 0. The van der Waals surface area contributed by atoms with Crippen LogP contribution in [0.2, 0.25) is 0 Å². The van der Waals surface area contributed by atoms with E-state index < -0.39 is 17.3 Å². The van der Waals surface area contributed by atoms with E-state index in [-0.39, 0.29) is 5.84 Å². The molecule has 0 aliphatic carbocycles. The highest BCUT2D eigenvalue weighted by atomic mass is 19.1. The summed E-state index contributed by atoms with van der Waals surface area (Å²) in [7, 11) is 0. The highest BCUT2D eigenvalue weighted by Gasteiger charge is 2.11. The van der Waals surface area contributed by atoms with Crippen LogP contribution >= 0.6 is 0 Å². The van der Waals surface area contributed by atoms with Crippen LogP contribution in [0.5, 0.6) is 0 Å². The number of H-pyrrole nitrogens is 1. The maximum atomic E-state index is 13.6. The minimum atomic E-state index is -0.762. The second-order valence-corrected chi connectivity index (χ2v) is 4.17. The second-order valence-electron chi connectivity index (χ2n) is 4.17. The summed E-state index contributed by atoms with van der Waals surface area (Å²) >= 11 is 0. The van der Waals surface area contributed by atoms with Gasteiger partial charge in [0.15, 0.2) is 11.6 Å². The van der Waals surface area contributed by atoms with E-state index in [1.807, 2.05) is 6.07 Å². The second kappa shape index (κ2) is 4.73. The van der Waals surface area contributed by atoms with Crippen LogP contribution in [0.15, 0.2) is 47.7 Å². The van der Waals surface area contributed by atoms with E-state index in [0.717, 1.165) is 17.6 Å². The van der Waals surface area contributed by atoms with Gasteiger partial charge < -0.3 is 10.7 Å². The van der Waals surface area contributed by atoms with Crippen LogP contribution in [0.25, 0.3) is 11.0 Å². The summed E-state index contributed by atoms with van der Waals surface area (Å²) in [4.78, 5) is 10.9. The van der Waals surface area contributed by atoms with Gasteiger partial charge in [-0.2, -0.15) is 0 Å². The molecule has 0 bridgehead atoms. The number of nitrogens with one attached hydrogen (secondary N) is 1. The maximum absolute atomic E-state index is 13.6. The number of amidine groups is 1. The third-order valence-electron chi connectivity index (χ3n) is 2.90. The zero-order valence-corrected chi connectivity index (χ0v) is 10.3. The van der Waals surface area contributed by atoms with Crippen molar-refractivity contribution >= 4 is 22.6 Å². The molecule has 3 rings (SSSR count). The number of aliphatic imine (C=N–C) groups is 1. The molecule has 3 N–H and O–H groups in total. The lowest BCUT2D eigenvalue weighted by molar-refractivity contribution is 0.587. The number of hydrogen-bond acceptors (Lipinski definition) is 2. The van der Waals surface area contributed by atoms with E-state index in [2.05, 4.69) is 15.0 Å². The molecule has 0 atom stereocenters. The van der Waals surface area contributed by atoms with Crippen molar-refractivity contribution in [2.45, 2.75) is 0 Å². The first kappa shape index (κ1) is 12.3. The molecular weight excluding hydrogens is 262 g/mol. The van der Waals surface area contributed by atoms with E-state index in [9.17, 15) is 8.78 Å². The van der Waals surface area contributed by atoms with Crippen molar-refractivity contribution in [3.63, 3.8) is 0 Å². The molecule has 0 saturated heterocycles. The van der Waals surface area contributed by atoms with Crippen molar-refractivity contribution in [2.75, 3.05) is 0 Å². The van der Waals surface area contributed by atoms with Crippen LogP contribution in [-0.4, -0.2) is 15.8 Å². The summed E-state index contributed by atoms with van der Waals surface area (Å²) in [6, 6.07) is 8.81. The lowest BCUT2D eigenvalue weighted by Gasteiger charge is -2.04. The van der Waals surface area contributed by atoms with Gasteiger partial charge in [0.2, 0.25) is 0 Å². The average molecular weight is 272 g/mol. The molecule has 1 aromatic heterocycles. The molecule has 100 valence electrons. The highest BCUT2D eigenvalue weighted by molar-refractivity contribution is 6.07. The normalized spacial score (nSPS) is 12.0. The predicted octanol–water partition coefficient (Wildman–Crippen LogP) is 2.88. The first-order valence-corrected chi connectivity index (χ1v) is 5.87. The Morgan fingerprint density at radius 3 is 2.55 bits per heavy atom. The fourth-order valence-electron chi connectivity index (χ4n) is 1.95. The molecule has 1 heterocycles. The van der Waals surface area contributed by atoms with Gasteiger partial charge in [0.1, 0.15) is 11.5 Å². The topological polar surface area (TPSA) is 67.1 Å². The van der Waals surface area contributed by atoms with Crippen LogP contribution in [0.4, 0.5) is 14.5 Å². The summed E-state index contributed by atoms with van der Waals surface area (Å²) in [5, 5.41) is 0. The highest BCUT2D eigenvalue weighted by Crippen LogP contribution is 2.23. The molecule has 0 fully saturated rings. The number of halogens is 2. The third kappa shape index (κ3) is 2.01. The molecule has 6 heteroatoms. The molecule has 0 saturated carbocycles. The van der Waals surface area contributed by atoms with Gasteiger partial charge in [0.05, 0.1) is 17.4 Å². The lowest BCUT2D eigenvalue weighted by atomic mass is 10.1. The Hall–Kier alpha value is -2.76. The summed E-state index contributed by atoms with van der Waals surface area (Å²) in [5.74, 6) is -1.52. The number of fused-ring (bicyclic) bond motifs is 1. The van der Waals surface area contributed by atoms with Crippen molar-refractivity contribution in [3.8, 4) is 0 Å². The van der Waals surface area contributed by atoms with Crippen molar-refractivity contribution in [2.24, 2.45) is 10.7 Å². The smallest absolute Gasteiger partial charge is 0.151 e. The Kier molecular flexibility index (Phi) is 2.90. The number of para-hydroxylation sites is 2. The van der Waals surface area contributed by atoms with E-state index in [1.54, 1.807) is 12.1 Å². The summed E-state index contributed by atoms with van der Waals surface area (Å²) in [6.07, 6.45) is 1.52. The van der Waals surface area contributed by atoms with Gasteiger partial charge >= 0.3 is 0 Å². The van der Waals surface area contributed by atoms with Gasteiger partial charge in [0.25, 0.3) is 0 Å². The number of nitrogens with two attached hydrogens (primary N) is 1. The number of benzene rings is 2. The predicted molar refractivity (Wildman–Crippen MR) is 72.8 cm³/mol. The zero-order chi connectivity index (χ0) is 14.1. The monoisotopic (exact) mass is 272 g/mol. The SMILES string of the molecule is NC(=Nc1c(F)cccc1F)c1cccc2[nH]cnc12. The molecule has 3 aromatic rings. The average Bonchev–Trinajstić information content (AvgIpc) is 2.91. The van der Waals surface area contributed by atoms with Crippen molar-refractivity contribution < 1.29 is 8.78 Å². The number of rotatable bonds is 2. The van der Waals surface area contributed by atoms with Crippen molar-refractivity contribution in [3.05, 3.63) is 59.9 Å². The Bertz CT molecular complexity index is 788. The third-order valence-corrected chi connectivity index (χ3v) is 2.90. The van der Waals surface area contributed by atoms with E-state index in [1.165, 1.54) is 12.4 Å². The molecule has 2 aromatic carbocycles. The molecule has 20 heavy (non-hydrogen) atoms. The zero-order valence-electron chi connectivity index (χ0n) is 10.3. The van der Waals surface area contributed by atoms with Crippen LogP contribution in [0, 0.1) is 11.6 Å².